The summed E-state index contributed by atoms with van der Waals surface area (Å²) in [6.45, 7) is -0.366. The molecule has 0 fully saturated rings. The Kier molecular flexibility index (Phi) is 5.85. The van der Waals surface area contributed by atoms with Crippen LogP contribution in [0.3, 0.4) is 0 Å². The van der Waals surface area contributed by atoms with Crippen molar-refractivity contribution in [2.24, 2.45) is 0 Å². The second kappa shape index (κ2) is 6.81. The highest BCUT2D eigenvalue weighted by atomic mass is 19.4. The number of benzene rings is 1. The van der Waals surface area contributed by atoms with E-state index in [-0.39, 0.29) is 19.4 Å². The highest BCUT2D eigenvalue weighted by molar-refractivity contribution is 5.28. The molecule has 0 aliphatic carbocycles. The Hall–Kier alpha value is -1.45. The Morgan fingerprint density at radius 2 is 1.21 bits per heavy atom. The molecular weight excluding hydrogens is 355 g/mol. The first-order chi connectivity index (χ1) is 10.8. The zero-order valence-corrected chi connectivity index (χ0v) is 11.9. The fourth-order valence-electron chi connectivity index (χ4n) is 1.87. The molecule has 0 bridgehead atoms. The van der Waals surface area contributed by atoms with Crippen molar-refractivity contribution in [1.29, 1.82) is 0 Å². The van der Waals surface area contributed by atoms with Crippen LogP contribution in [0.5, 0.6) is 0 Å². The molecule has 1 radical (unpaired) electrons. The van der Waals surface area contributed by atoms with Crippen molar-refractivity contribution in [3.8, 4) is 0 Å². The summed E-state index contributed by atoms with van der Waals surface area (Å²) >= 11 is 0. The van der Waals surface area contributed by atoms with Crippen molar-refractivity contribution in [3.05, 3.63) is 35.4 Å². The van der Waals surface area contributed by atoms with E-state index in [1.54, 1.807) is 0 Å². The van der Waals surface area contributed by atoms with Gasteiger partial charge < -0.3 is 0 Å². The molecule has 0 saturated carbocycles. The van der Waals surface area contributed by atoms with Crippen LogP contribution in [0.2, 0.25) is 0 Å². The van der Waals surface area contributed by atoms with E-state index in [4.69, 9.17) is 0 Å². The number of hydrogen-bond donors (Lipinski definition) is 0. The maximum absolute atomic E-state index is 13.6. The van der Waals surface area contributed by atoms with Gasteiger partial charge in [-0.15, -0.1) is 0 Å². The lowest BCUT2D eigenvalue weighted by atomic mass is 9.95. The van der Waals surface area contributed by atoms with Crippen LogP contribution in [0, 0.1) is 0 Å². The fraction of sp³-hybridized carbons (Fsp3) is 0.571. The third kappa shape index (κ3) is 3.62. The van der Waals surface area contributed by atoms with Gasteiger partial charge in [-0.25, -0.2) is 5.11 Å². The minimum atomic E-state index is -6.91. The van der Waals surface area contributed by atoms with E-state index in [9.17, 15) is 44.6 Å². The van der Waals surface area contributed by atoms with Gasteiger partial charge in [0.05, 0.1) is 6.61 Å². The third-order valence-electron chi connectivity index (χ3n) is 3.32. The van der Waals surface area contributed by atoms with Crippen molar-refractivity contribution in [2.45, 2.75) is 43.2 Å². The maximum atomic E-state index is 13.6. The highest BCUT2D eigenvalue weighted by Gasteiger charge is 2.81. The lowest BCUT2D eigenvalue weighted by Gasteiger charge is -2.33. The van der Waals surface area contributed by atoms with Gasteiger partial charge in [-0.3, -0.25) is 0 Å². The van der Waals surface area contributed by atoms with Gasteiger partial charge in [0, 0.05) is 5.56 Å². The zero-order valence-electron chi connectivity index (χ0n) is 11.9. The standard InChI is InChI=1S/C14H12F9O/c15-11(16,12(17,18)13(19,20)14(21,22)23)10-6-4-9(5-7-10)3-1-2-8-24/h4-7H,1-3,8H2. The van der Waals surface area contributed by atoms with Gasteiger partial charge in [-0.2, -0.15) is 39.5 Å². The summed E-state index contributed by atoms with van der Waals surface area (Å²) in [7, 11) is 0. The van der Waals surface area contributed by atoms with Crippen molar-refractivity contribution in [3.63, 3.8) is 0 Å². The number of unbranched alkanes of at least 4 members (excludes halogenated alkanes) is 1. The molecule has 24 heavy (non-hydrogen) atoms. The van der Waals surface area contributed by atoms with E-state index in [2.05, 4.69) is 0 Å². The van der Waals surface area contributed by atoms with Gasteiger partial charge in [-0.1, -0.05) is 24.3 Å². The molecule has 1 rings (SSSR count). The average molecular weight is 367 g/mol. The second-order valence-electron chi connectivity index (χ2n) is 5.08. The molecule has 1 aromatic carbocycles. The molecule has 10 heteroatoms. The minimum Gasteiger partial charge on any atom is -0.237 e. The maximum Gasteiger partial charge on any atom is 0.460 e. The van der Waals surface area contributed by atoms with Crippen LogP contribution in [0.4, 0.5) is 39.5 Å². The van der Waals surface area contributed by atoms with Crippen LogP contribution < -0.4 is 0 Å². The Balaban J connectivity index is 3.10. The van der Waals surface area contributed by atoms with Gasteiger partial charge in [0.15, 0.2) is 0 Å². The van der Waals surface area contributed by atoms with Gasteiger partial charge in [0.25, 0.3) is 0 Å². The largest absolute Gasteiger partial charge is 0.460 e. The Morgan fingerprint density at radius 3 is 1.62 bits per heavy atom. The summed E-state index contributed by atoms with van der Waals surface area (Å²) in [4.78, 5) is 0. The van der Waals surface area contributed by atoms with Crippen molar-refractivity contribution < 1.29 is 44.6 Å². The van der Waals surface area contributed by atoms with Crippen LogP contribution in [0.25, 0.3) is 0 Å². The van der Waals surface area contributed by atoms with E-state index >= 15 is 0 Å². The van der Waals surface area contributed by atoms with Crippen LogP contribution in [0.1, 0.15) is 24.0 Å². The molecule has 1 nitrogen and oxygen atoms in total. The van der Waals surface area contributed by atoms with Crippen LogP contribution in [-0.4, -0.2) is 24.6 Å². The van der Waals surface area contributed by atoms with Gasteiger partial charge in [-0.05, 0) is 24.8 Å². The van der Waals surface area contributed by atoms with Crippen LogP contribution >= 0.6 is 0 Å². The van der Waals surface area contributed by atoms with Crippen LogP contribution in [-0.2, 0) is 17.4 Å². The topological polar surface area (TPSA) is 19.9 Å². The molecule has 0 aliphatic heterocycles. The van der Waals surface area contributed by atoms with Gasteiger partial charge in [0.1, 0.15) is 0 Å². The average Bonchev–Trinajstić information content (AvgIpc) is 2.46. The predicted octanol–water partition coefficient (Wildman–Crippen LogP) is 5.36. The first kappa shape index (κ1) is 20.6. The summed E-state index contributed by atoms with van der Waals surface area (Å²) in [5.41, 5.74) is -1.31. The molecule has 0 N–H and O–H groups in total. The molecule has 0 aromatic heterocycles. The lowest BCUT2D eigenvalue weighted by Crippen LogP contribution is -2.59. The molecule has 1 aromatic rings. The smallest absolute Gasteiger partial charge is 0.237 e. The van der Waals surface area contributed by atoms with E-state index in [1.165, 1.54) is 0 Å². The molecule has 0 heterocycles. The second-order valence-corrected chi connectivity index (χ2v) is 5.08. The summed E-state index contributed by atoms with van der Waals surface area (Å²) < 4.78 is 115. The molecule has 0 aliphatic rings. The summed E-state index contributed by atoms with van der Waals surface area (Å²) in [6, 6.07) is 2.56. The Labute approximate surface area is 131 Å². The first-order valence-electron chi connectivity index (χ1n) is 6.66. The highest BCUT2D eigenvalue weighted by Crippen LogP contribution is 2.56. The first-order valence-corrected chi connectivity index (χ1v) is 6.66. The normalized spacial score (nSPS) is 14.1. The van der Waals surface area contributed by atoms with Crippen molar-refractivity contribution in [2.75, 3.05) is 6.61 Å². The molecule has 0 saturated heterocycles. The molecule has 0 spiro atoms. The summed E-state index contributed by atoms with van der Waals surface area (Å²) in [5, 5.41) is 10.2. The lowest BCUT2D eigenvalue weighted by molar-refractivity contribution is -0.399. The summed E-state index contributed by atoms with van der Waals surface area (Å²) in [6.07, 6.45) is -5.91. The third-order valence-corrected chi connectivity index (χ3v) is 3.32. The van der Waals surface area contributed by atoms with Crippen molar-refractivity contribution >= 4 is 0 Å². The molecular formula is C14H12F9O. The SMILES string of the molecule is [O]CCCCc1ccc(C(F)(F)C(F)(F)C(F)(F)C(F)(F)F)cc1. The number of alkyl halides is 9. The van der Waals surface area contributed by atoms with E-state index in [0.717, 1.165) is 12.1 Å². The minimum absolute atomic E-state index is 0.253. The number of rotatable bonds is 7. The fourth-order valence-corrected chi connectivity index (χ4v) is 1.87. The monoisotopic (exact) mass is 367 g/mol. The number of aryl methyl sites for hydroxylation is 1. The molecule has 137 valence electrons. The quantitative estimate of drug-likeness (QED) is 0.457. The number of halogens is 9. The van der Waals surface area contributed by atoms with Crippen molar-refractivity contribution in [1.82, 2.24) is 0 Å². The molecule has 0 atom stereocenters. The van der Waals surface area contributed by atoms with Gasteiger partial charge in [0.2, 0.25) is 0 Å². The van der Waals surface area contributed by atoms with E-state index in [0.29, 0.717) is 24.1 Å². The zero-order chi connectivity index (χ0) is 18.8. The Bertz CT molecular complexity index is 534. The van der Waals surface area contributed by atoms with E-state index < -0.39 is 29.5 Å². The Morgan fingerprint density at radius 1 is 0.708 bits per heavy atom. The summed E-state index contributed by atoms with van der Waals surface area (Å²) in [5.74, 6) is -19.3. The molecule has 0 amide bonds. The van der Waals surface area contributed by atoms with Gasteiger partial charge >= 0.3 is 23.9 Å². The van der Waals surface area contributed by atoms with E-state index in [1.807, 2.05) is 0 Å². The number of hydrogen-bond acceptors (Lipinski definition) is 0. The molecule has 0 unspecified atom stereocenters. The predicted molar refractivity (Wildman–Crippen MR) is 64.8 cm³/mol. The van der Waals surface area contributed by atoms with Crippen LogP contribution in [0.15, 0.2) is 24.3 Å².